The number of rotatable bonds is 4. The van der Waals surface area contributed by atoms with Gasteiger partial charge in [-0.1, -0.05) is 13.2 Å². The number of hydrogen-bond donors (Lipinski definition) is 1. The van der Waals surface area contributed by atoms with Gasteiger partial charge in [0.2, 0.25) is 0 Å². The van der Waals surface area contributed by atoms with E-state index in [0.29, 0.717) is 24.0 Å². The zero-order chi connectivity index (χ0) is 10.7. The van der Waals surface area contributed by atoms with Crippen LogP contribution < -0.4 is 10.5 Å². The van der Waals surface area contributed by atoms with Crippen molar-refractivity contribution in [3.63, 3.8) is 0 Å². The summed E-state index contributed by atoms with van der Waals surface area (Å²) in [5, 5.41) is 0. The van der Waals surface area contributed by atoms with Gasteiger partial charge in [0.15, 0.2) is 0 Å². The topological polar surface area (TPSA) is 53.1 Å². The lowest BCUT2D eigenvalue weighted by Gasteiger charge is -2.04. The van der Waals surface area contributed by atoms with Gasteiger partial charge in [-0.15, -0.1) is 0 Å². The first-order valence-corrected chi connectivity index (χ1v) is 4.38. The molecule has 2 N–H and O–H groups in total. The number of ether oxygens (including phenoxy) is 1. The minimum atomic E-state index is 0.459. The lowest BCUT2D eigenvalue weighted by atomic mass is 10.2. The summed E-state index contributed by atoms with van der Waals surface area (Å²) < 4.78 is 7.08. The van der Waals surface area contributed by atoms with Crippen molar-refractivity contribution in [2.24, 2.45) is 12.8 Å². The van der Waals surface area contributed by atoms with E-state index >= 15 is 0 Å². The Kier molecular flexibility index (Phi) is 2.96. The van der Waals surface area contributed by atoms with E-state index in [-0.39, 0.29) is 0 Å². The fourth-order valence-corrected chi connectivity index (χ4v) is 1.28. The maximum absolute atomic E-state index is 5.64. The third-order valence-corrected chi connectivity index (χ3v) is 1.85. The second-order valence-corrected chi connectivity index (χ2v) is 2.85. The van der Waals surface area contributed by atoms with E-state index in [9.17, 15) is 0 Å². The number of aromatic nitrogens is 2. The number of nitrogens with zero attached hydrogens (tertiary/aromatic N) is 2. The number of nitrogens with two attached hydrogens (primary N) is 1. The minimum Gasteiger partial charge on any atom is -0.465 e. The van der Waals surface area contributed by atoms with E-state index in [1.807, 2.05) is 14.0 Å². The second kappa shape index (κ2) is 4.00. The van der Waals surface area contributed by atoms with Gasteiger partial charge >= 0.3 is 0 Å². The highest BCUT2D eigenvalue weighted by atomic mass is 16.5. The molecule has 0 saturated heterocycles. The molecule has 1 heterocycles. The monoisotopic (exact) mass is 193 g/mol. The molecule has 4 heteroatoms. The molecule has 0 spiro atoms. The van der Waals surface area contributed by atoms with Crippen LogP contribution in [-0.4, -0.2) is 16.2 Å². The molecule has 0 fully saturated rings. The summed E-state index contributed by atoms with van der Waals surface area (Å²) in [6.45, 7) is 9.81. The van der Waals surface area contributed by atoms with E-state index in [1.165, 1.54) is 0 Å². The Balaban J connectivity index is 3.25. The highest BCUT2D eigenvalue weighted by Crippen LogP contribution is 2.20. The summed E-state index contributed by atoms with van der Waals surface area (Å²) in [6, 6.07) is 0.531. The molecule has 0 aliphatic rings. The molecule has 1 aromatic heterocycles. The molecule has 0 aromatic carbocycles. The van der Waals surface area contributed by atoms with Crippen LogP contribution in [0.25, 0.3) is 11.8 Å². The zero-order valence-corrected chi connectivity index (χ0v) is 8.58. The summed E-state index contributed by atoms with van der Waals surface area (Å²) >= 11 is 0. The third kappa shape index (κ3) is 1.64. The van der Waals surface area contributed by atoms with Crippen molar-refractivity contribution >= 4 is 11.8 Å². The van der Waals surface area contributed by atoms with Gasteiger partial charge in [-0.25, -0.2) is 0 Å². The molecule has 0 atom stereocenters. The molecule has 0 amide bonds. The first-order chi connectivity index (χ1) is 6.61. The van der Waals surface area contributed by atoms with Crippen LogP contribution in [0.5, 0.6) is 6.01 Å². The zero-order valence-electron chi connectivity index (χ0n) is 8.58. The van der Waals surface area contributed by atoms with Crippen molar-refractivity contribution in [2.75, 3.05) is 6.61 Å². The average molecular weight is 193 g/mol. The molecule has 76 valence electrons. The summed E-state index contributed by atoms with van der Waals surface area (Å²) in [4.78, 5) is 4.22. The molecule has 0 unspecified atom stereocenters. The second-order valence-electron chi connectivity index (χ2n) is 2.85. The molecule has 0 radical (unpaired) electrons. The highest BCUT2D eigenvalue weighted by molar-refractivity contribution is 5.67. The highest BCUT2D eigenvalue weighted by Gasteiger charge is 2.13. The molecule has 1 aromatic rings. The lowest BCUT2D eigenvalue weighted by molar-refractivity contribution is 0.302. The van der Waals surface area contributed by atoms with Gasteiger partial charge in [0, 0.05) is 7.05 Å². The van der Waals surface area contributed by atoms with E-state index in [4.69, 9.17) is 10.5 Å². The van der Waals surface area contributed by atoms with Crippen molar-refractivity contribution in [3.8, 4) is 6.01 Å². The van der Waals surface area contributed by atoms with E-state index in [2.05, 4.69) is 18.1 Å². The van der Waals surface area contributed by atoms with Gasteiger partial charge in [-0.05, 0) is 13.0 Å². The van der Waals surface area contributed by atoms with E-state index < -0.39 is 0 Å². The quantitative estimate of drug-likeness (QED) is 0.786. The molecule has 4 nitrogen and oxygen atoms in total. The van der Waals surface area contributed by atoms with Crippen LogP contribution in [0.15, 0.2) is 13.2 Å². The van der Waals surface area contributed by atoms with Crippen molar-refractivity contribution in [2.45, 2.75) is 6.92 Å². The van der Waals surface area contributed by atoms with E-state index in [0.717, 1.165) is 5.69 Å². The minimum absolute atomic E-state index is 0.459. The Morgan fingerprint density at radius 3 is 2.71 bits per heavy atom. The van der Waals surface area contributed by atoms with Crippen LogP contribution in [-0.2, 0) is 7.05 Å². The van der Waals surface area contributed by atoms with Gasteiger partial charge in [0.25, 0.3) is 6.01 Å². The number of hydrogen-bond acceptors (Lipinski definition) is 3. The Labute approximate surface area is 83.7 Å². The van der Waals surface area contributed by atoms with Crippen molar-refractivity contribution in [3.05, 3.63) is 24.5 Å². The average Bonchev–Trinajstić information content (AvgIpc) is 2.44. The van der Waals surface area contributed by atoms with Gasteiger partial charge in [0.1, 0.15) is 0 Å². The Hall–Kier alpha value is -1.71. The van der Waals surface area contributed by atoms with Gasteiger partial charge in [-0.3, -0.25) is 4.57 Å². The molecule has 0 aliphatic carbocycles. The fraction of sp³-hybridized carbons (Fsp3) is 0.300. The Morgan fingerprint density at radius 1 is 1.71 bits per heavy atom. The summed E-state index contributed by atoms with van der Waals surface area (Å²) in [5.74, 6) is 0. The predicted octanol–water partition coefficient (Wildman–Crippen LogP) is 1.39. The van der Waals surface area contributed by atoms with Gasteiger partial charge < -0.3 is 10.5 Å². The SMILES string of the molecule is C=Cc1nc(OCC)n(C)c1C(=C)N. The maximum atomic E-state index is 5.64. The van der Waals surface area contributed by atoms with Crippen LogP contribution in [0.1, 0.15) is 18.3 Å². The van der Waals surface area contributed by atoms with Crippen molar-refractivity contribution in [1.82, 2.24) is 9.55 Å². The van der Waals surface area contributed by atoms with Gasteiger partial charge in [0.05, 0.1) is 23.7 Å². The lowest BCUT2D eigenvalue weighted by Crippen LogP contribution is -2.05. The molecule has 14 heavy (non-hydrogen) atoms. The molecule has 0 saturated carbocycles. The molecule has 1 rings (SSSR count). The summed E-state index contributed by atoms with van der Waals surface area (Å²) in [5.41, 5.74) is 7.55. The summed E-state index contributed by atoms with van der Waals surface area (Å²) in [7, 11) is 1.83. The number of imidazole rings is 1. The third-order valence-electron chi connectivity index (χ3n) is 1.85. The Morgan fingerprint density at radius 2 is 2.36 bits per heavy atom. The van der Waals surface area contributed by atoms with Crippen LogP contribution >= 0.6 is 0 Å². The first kappa shape index (κ1) is 10.4. The molecule has 0 bridgehead atoms. The van der Waals surface area contributed by atoms with Crippen LogP contribution in [0.4, 0.5) is 0 Å². The molecule has 0 aliphatic heterocycles. The largest absolute Gasteiger partial charge is 0.465 e. The molecular formula is C10H15N3O. The Bertz CT molecular complexity index is 366. The van der Waals surface area contributed by atoms with Crippen molar-refractivity contribution in [1.29, 1.82) is 0 Å². The van der Waals surface area contributed by atoms with Crippen LogP contribution in [0.3, 0.4) is 0 Å². The van der Waals surface area contributed by atoms with Crippen molar-refractivity contribution < 1.29 is 4.74 Å². The smallest absolute Gasteiger partial charge is 0.297 e. The molecular weight excluding hydrogens is 178 g/mol. The maximum Gasteiger partial charge on any atom is 0.297 e. The fourth-order valence-electron chi connectivity index (χ4n) is 1.28. The normalized spacial score (nSPS) is 9.86. The van der Waals surface area contributed by atoms with Crippen LogP contribution in [0, 0.1) is 0 Å². The van der Waals surface area contributed by atoms with Gasteiger partial charge in [-0.2, -0.15) is 4.98 Å². The standard InChI is InChI=1S/C10H15N3O/c1-5-8-9(7(3)11)13(4)10(12-8)14-6-2/h5H,1,3,6,11H2,2,4H3. The first-order valence-electron chi connectivity index (χ1n) is 4.38. The van der Waals surface area contributed by atoms with E-state index in [1.54, 1.807) is 10.6 Å². The summed E-state index contributed by atoms with van der Waals surface area (Å²) in [6.07, 6.45) is 1.63. The predicted molar refractivity (Wildman–Crippen MR) is 57.7 cm³/mol. The van der Waals surface area contributed by atoms with Crippen LogP contribution in [0.2, 0.25) is 0 Å².